The van der Waals surface area contributed by atoms with Gasteiger partial charge in [0.05, 0.1) is 17.9 Å². The largest absolute Gasteiger partial charge is 0.489 e. The zero-order valence-electron chi connectivity index (χ0n) is 20.4. The van der Waals surface area contributed by atoms with Gasteiger partial charge >= 0.3 is 5.97 Å². The van der Waals surface area contributed by atoms with E-state index >= 15 is 0 Å². The predicted molar refractivity (Wildman–Crippen MR) is 140 cm³/mol. The van der Waals surface area contributed by atoms with Gasteiger partial charge in [-0.15, -0.1) is 17.2 Å². The van der Waals surface area contributed by atoms with Gasteiger partial charge in [-0.05, 0) is 49.4 Å². The van der Waals surface area contributed by atoms with Crippen LogP contribution in [0.2, 0.25) is 0 Å². The predicted octanol–water partition coefficient (Wildman–Crippen LogP) is 2.00. The van der Waals surface area contributed by atoms with E-state index < -0.39 is 28.1 Å². The molecule has 3 rings (SSSR count). The van der Waals surface area contributed by atoms with Crippen molar-refractivity contribution in [1.82, 2.24) is 19.8 Å². The Morgan fingerprint density at radius 3 is 2.32 bits per heavy atom. The Kier molecular flexibility index (Phi) is 11.9. The van der Waals surface area contributed by atoms with Crippen LogP contribution in [0.25, 0.3) is 0 Å². The molecule has 3 aromatic rings. The minimum atomic E-state index is -4.09. The van der Waals surface area contributed by atoms with Gasteiger partial charge in [0.15, 0.2) is 6.23 Å². The molecule has 3 N–H and O–H groups in total. The summed E-state index contributed by atoms with van der Waals surface area (Å²) < 4.78 is 36.0. The summed E-state index contributed by atoms with van der Waals surface area (Å²) in [5.74, 6) is -0.663. The van der Waals surface area contributed by atoms with Gasteiger partial charge in [-0.1, -0.05) is 18.2 Å². The zero-order valence-corrected chi connectivity index (χ0v) is 22.0. The summed E-state index contributed by atoms with van der Waals surface area (Å²) in [5, 5.41) is 13.6. The van der Waals surface area contributed by atoms with Crippen LogP contribution in [0, 0.1) is 0 Å². The van der Waals surface area contributed by atoms with Crippen LogP contribution >= 0.6 is 12.4 Å². The van der Waals surface area contributed by atoms with E-state index in [1.54, 1.807) is 31.2 Å². The number of carbonyl (C=O) groups excluding carboxylic acids is 2. The number of esters is 1. The van der Waals surface area contributed by atoms with Crippen LogP contribution < -0.4 is 14.9 Å². The Bertz CT molecular complexity index is 1270. The van der Waals surface area contributed by atoms with Crippen molar-refractivity contribution in [2.75, 3.05) is 25.1 Å². The Hall–Kier alpha value is -3.78. The van der Waals surface area contributed by atoms with Crippen molar-refractivity contribution < 1.29 is 32.6 Å². The first-order valence-electron chi connectivity index (χ1n) is 11.3. The lowest BCUT2D eigenvalue weighted by atomic mass is 10.2. The van der Waals surface area contributed by atoms with Crippen LogP contribution in [-0.2, 0) is 19.6 Å². The second-order valence-electron chi connectivity index (χ2n) is 7.49. The number of rotatable bonds is 13. The third-order valence-electron chi connectivity index (χ3n) is 4.74. The summed E-state index contributed by atoms with van der Waals surface area (Å²) in [5.41, 5.74) is 0.142. The molecule has 0 aliphatic heterocycles. The third kappa shape index (κ3) is 9.27. The van der Waals surface area contributed by atoms with Crippen LogP contribution in [0.5, 0.6) is 5.75 Å². The summed E-state index contributed by atoms with van der Waals surface area (Å²) in [6, 6.07) is 15.0. The van der Waals surface area contributed by atoms with E-state index in [-0.39, 0.29) is 55.0 Å². The van der Waals surface area contributed by atoms with Gasteiger partial charge in [0.1, 0.15) is 12.4 Å². The maximum absolute atomic E-state index is 13.1. The van der Waals surface area contributed by atoms with E-state index in [0.29, 0.717) is 5.75 Å². The lowest BCUT2D eigenvalue weighted by Crippen LogP contribution is -2.47. The highest BCUT2D eigenvalue weighted by Gasteiger charge is 2.24. The fraction of sp³-hybridized carbons (Fsp3) is 0.250. The molecule has 1 amide bonds. The number of sulfonamides is 1. The molecular formula is C24H28ClN5O7S. The van der Waals surface area contributed by atoms with E-state index in [0.717, 1.165) is 5.01 Å². The topological polar surface area (TPSA) is 160 Å². The number of benzene rings is 2. The third-order valence-corrected chi connectivity index (χ3v) is 6.10. The number of aliphatic hydroxyl groups excluding tert-OH is 1. The van der Waals surface area contributed by atoms with Crippen LogP contribution in [0.4, 0.5) is 5.95 Å². The molecule has 2 aromatic carbocycles. The fourth-order valence-corrected chi connectivity index (χ4v) is 4.10. The van der Waals surface area contributed by atoms with Crippen LogP contribution in [0.15, 0.2) is 78.0 Å². The summed E-state index contributed by atoms with van der Waals surface area (Å²) in [4.78, 5) is 35.1. The van der Waals surface area contributed by atoms with Crippen molar-refractivity contribution in [3.8, 4) is 5.75 Å². The number of nitrogens with zero attached hydrogens (tertiary/aromatic N) is 3. The molecule has 1 heterocycles. The number of hydrogen-bond donors (Lipinski definition) is 3. The lowest BCUT2D eigenvalue weighted by Gasteiger charge is -2.23. The Morgan fingerprint density at radius 1 is 1.03 bits per heavy atom. The molecule has 0 aliphatic carbocycles. The minimum Gasteiger partial charge on any atom is -0.489 e. The van der Waals surface area contributed by atoms with E-state index in [1.165, 1.54) is 48.8 Å². The standard InChI is InChI=1S/C24H27N5O7S.ClH/c1-2-35-22(31)13-16-29(28-37(33,34)20-7-4-3-5-8-20)23(32)18-9-11-19(12-10-18)36-17-21(30)27-24-25-14-6-15-26-24;/h3-12,14-15,21,28,30H,2,13,16-17H2,1H3,(H,25,26,27);1H/t21-;/m0./s1. The lowest BCUT2D eigenvalue weighted by molar-refractivity contribution is -0.143. The number of hydrogen-bond acceptors (Lipinski definition) is 10. The van der Waals surface area contributed by atoms with Gasteiger partial charge in [0.25, 0.3) is 15.9 Å². The molecule has 14 heteroatoms. The number of amides is 1. The molecule has 1 aromatic heterocycles. The first-order valence-corrected chi connectivity index (χ1v) is 12.8. The van der Waals surface area contributed by atoms with Gasteiger partial charge in [-0.3, -0.25) is 14.6 Å². The molecule has 0 aliphatic rings. The quantitative estimate of drug-likeness (QED) is 0.159. The van der Waals surface area contributed by atoms with E-state index in [9.17, 15) is 23.1 Å². The van der Waals surface area contributed by atoms with Gasteiger partial charge in [0, 0.05) is 24.5 Å². The molecule has 204 valence electrons. The number of anilines is 1. The molecule has 1 atom stereocenters. The smallest absolute Gasteiger partial charge is 0.307 e. The summed E-state index contributed by atoms with van der Waals surface area (Å²) in [7, 11) is -4.09. The zero-order chi connectivity index (χ0) is 26.7. The molecule has 0 radical (unpaired) electrons. The Labute approximate surface area is 226 Å². The van der Waals surface area contributed by atoms with Gasteiger partial charge in [-0.25, -0.2) is 18.4 Å². The maximum atomic E-state index is 13.1. The number of halogens is 1. The van der Waals surface area contributed by atoms with Crippen molar-refractivity contribution in [1.29, 1.82) is 0 Å². The molecule has 0 unspecified atom stereocenters. The maximum Gasteiger partial charge on any atom is 0.307 e. The number of aromatic nitrogens is 2. The molecule has 0 saturated carbocycles. The number of ether oxygens (including phenoxy) is 2. The molecular weight excluding hydrogens is 538 g/mol. The monoisotopic (exact) mass is 565 g/mol. The molecule has 12 nitrogen and oxygen atoms in total. The van der Waals surface area contributed by atoms with Crippen molar-refractivity contribution >= 4 is 40.3 Å². The Morgan fingerprint density at radius 2 is 1.68 bits per heavy atom. The average molecular weight is 566 g/mol. The second-order valence-corrected chi connectivity index (χ2v) is 9.15. The molecule has 0 bridgehead atoms. The highest BCUT2D eigenvalue weighted by atomic mass is 35.5. The van der Waals surface area contributed by atoms with E-state index in [1.807, 2.05) is 0 Å². The average Bonchev–Trinajstić information content (AvgIpc) is 2.91. The van der Waals surface area contributed by atoms with Crippen LogP contribution in [0.1, 0.15) is 23.7 Å². The number of aliphatic hydroxyl groups is 1. The summed E-state index contributed by atoms with van der Waals surface area (Å²) >= 11 is 0. The second kappa shape index (κ2) is 14.8. The first-order chi connectivity index (χ1) is 17.8. The van der Waals surface area contributed by atoms with E-state index in [4.69, 9.17) is 9.47 Å². The molecule has 38 heavy (non-hydrogen) atoms. The molecule has 0 saturated heterocycles. The van der Waals surface area contributed by atoms with Crippen molar-refractivity contribution in [3.63, 3.8) is 0 Å². The minimum absolute atomic E-state index is 0. The number of nitrogens with one attached hydrogen (secondary N) is 2. The van der Waals surface area contributed by atoms with Gasteiger partial charge < -0.3 is 19.9 Å². The van der Waals surface area contributed by atoms with Crippen molar-refractivity contribution in [3.05, 3.63) is 78.6 Å². The van der Waals surface area contributed by atoms with Crippen molar-refractivity contribution in [2.24, 2.45) is 0 Å². The highest BCUT2D eigenvalue weighted by Crippen LogP contribution is 2.16. The van der Waals surface area contributed by atoms with Crippen molar-refractivity contribution in [2.45, 2.75) is 24.5 Å². The number of carbonyl (C=O) groups is 2. The van der Waals surface area contributed by atoms with Crippen LogP contribution in [-0.4, -0.2) is 66.4 Å². The fourth-order valence-electron chi connectivity index (χ4n) is 3.01. The summed E-state index contributed by atoms with van der Waals surface area (Å²) in [6.07, 6.45) is 1.74. The first kappa shape index (κ1) is 30.4. The normalized spacial score (nSPS) is 11.5. The molecule has 0 spiro atoms. The van der Waals surface area contributed by atoms with Gasteiger partial charge in [-0.2, -0.15) is 0 Å². The Balaban J connectivity index is 0.00000507. The molecule has 0 fully saturated rings. The van der Waals surface area contributed by atoms with Gasteiger partial charge in [0.2, 0.25) is 5.95 Å². The van der Waals surface area contributed by atoms with E-state index in [2.05, 4.69) is 20.1 Å². The summed E-state index contributed by atoms with van der Waals surface area (Å²) in [6.45, 7) is 1.43. The number of hydrazine groups is 1. The highest BCUT2D eigenvalue weighted by molar-refractivity contribution is 7.89. The SMILES string of the molecule is CCOC(=O)CCN(NS(=O)(=O)c1ccccc1)C(=O)c1ccc(OC[C@H](O)Nc2ncccn2)cc1.Cl. The van der Waals surface area contributed by atoms with Crippen LogP contribution in [0.3, 0.4) is 0 Å².